The normalized spacial score (nSPS) is 27.6. The van der Waals surface area contributed by atoms with E-state index in [0.29, 0.717) is 0 Å². The molecule has 0 fully saturated rings. The van der Waals surface area contributed by atoms with Crippen molar-refractivity contribution in [3.05, 3.63) is 10.7 Å². The third-order valence-electron chi connectivity index (χ3n) is 3.82. The van der Waals surface area contributed by atoms with Crippen LogP contribution >= 0.6 is 12.6 Å². The maximum absolute atomic E-state index is 8.01. The highest BCUT2D eigenvalue weighted by Gasteiger charge is 2.66. The molecule has 0 radical (unpaired) electrons. The van der Waals surface area contributed by atoms with Crippen LogP contribution in [0.15, 0.2) is 15.7 Å². The minimum atomic E-state index is -2.35. The molecular formula is C10H18N14S. The minimum absolute atomic E-state index is 0.0341. The summed E-state index contributed by atoms with van der Waals surface area (Å²) in [4.78, 5) is 5.65. The average Bonchev–Trinajstić information content (AvgIpc) is 2.91. The van der Waals surface area contributed by atoms with Gasteiger partial charge in [0.1, 0.15) is 28.2 Å². The van der Waals surface area contributed by atoms with Gasteiger partial charge in [-0.25, -0.2) is 4.99 Å². The Hall–Kier alpha value is -3.49. The van der Waals surface area contributed by atoms with Gasteiger partial charge in [0.15, 0.2) is 11.9 Å². The predicted octanol–water partition coefficient (Wildman–Crippen LogP) is -3.68. The number of nitrogens with two attached hydrogens (primary N) is 5. The van der Waals surface area contributed by atoms with Gasteiger partial charge in [-0.2, -0.15) is 0 Å². The number of nitrogens with zero attached hydrogens (tertiary/aromatic N) is 3. The molecule has 14 nitrogen and oxygen atoms in total. The van der Waals surface area contributed by atoms with Gasteiger partial charge in [0.05, 0.1) is 6.34 Å². The first-order valence-corrected chi connectivity index (χ1v) is 6.98. The van der Waals surface area contributed by atoms with Crippen molar-refractivity contribution >= 4 is 48.4 Å². The van der Waals surface area contributed by atoms with E-state index in [1.807, 2.05) is 0 Å². The van der Waals surface area contributed by atoms with Crippen molar-refractivity contribution < 1.29 is 0 Å². The van der Waals surface area contributed by atoms with Crippen LogP contribution in [0, 0.1) is 27.0 Å². The Balaban J connectivity index is 3.09. The van der Waals surface area contributed by atoms with E-state index in [2.05, 4.69) is 22.9 Å². The monoisotopic (exact) mass is 366 g/mol. The van der Waals surface area contributed by atoms with E-state index >= 15 is 0 Å². The third kappa shape index (κ3) is 1.86. The third-order valence-corrected chi connectivity index (χ3v) is 4.25. The molecule has 0 spiro atoms. The van der Waals surface area contributed by atoms with Gasteiger partial charge in [-0.3, -0.25) is 36.8 Å². The second-order valence-corrected chi connectivity index (χ2v) is 5.55. The van der Waals surface area contributed by atoms with Crippen molar-refractivity contribution in [2.75, 3.05) is 0 Å². The van der Waals surface area contributed by atoms with Crippen molar-refractivity contribution in [1.82, 2.24) is 15.1 Å². The van der Waals surface area contributed by atoms with E-state index < -0.39 is 40.8 Å². The van der Waals surface area contributed by atoms with Crippen LogP contribution in [0.1, 0.15) is 0 Å². The van der Waals surface area contributed by atoms with Crippen molar-refractivity contribution in [2.45, 2.75) is 11.3 Å². The molecule has 134 valence electrons. The van der Waals surface area contributed by atoms with E-state index in [-0.39, 0.29) is 10.7 Å². The first kappa shape index (κ1) is 17.9. The molecule has 25 heavy (non-hydrogen) atoms. The standard InChI is InChI=1S/C10H18N14S/c11-4(12)9-2(21-1-22-9)3(25)23(7(17)18)10(5(13)14,6(15)16)24(9)8(19)20/h1,25H,(H3,11,12)(H3,13,14)(H3,15,16)(H3,17,18)(H3,19,20)(H,21,22). The quantitative estimate of drug-likeness (QED) is 0.134. The summed E-state index contributed by atoms with van der Waals surface area (Å²) in [5.74, 6) is -3.69. The summed E-state index contributed by atoms with van der Waals surface area (Å²) < 4.78 is 0. The van der Waals surface area contributed by atoms with Gasteiger partial charge < -0.3 is 34.0 Å². The van der Waals surface area contributed by atoms with Gasteiger partial charge in [0.2, 0.25) is 11.3 Å². The maximum Gasteiger partial charge on any atom is 0.241 e. The van der Waals surface area contributed by atoms with Gasteiger partial charge in [-0.05, 0) is 0 Å². The van der Waals surface area contributed by atoms with Gasteiger partial charge in [-0.15, -0.1) is 12.6 Å². The Bertz CT molecular complexity index is 764. The number of nitrogens with one attached hydrogen (secondary N) is 6. The maximum atomic E-state index is 8.01. The highest BCUT2D eigenvalue weighted by Crippen LogP contribution is 2.44. The number of rotatable bonds is 3. The molecule has 2 heterocycles. The molecule has 0 amide bonds. The molecule has 0 aromatic rings. The summed E-state index contributed by atoms with van der Waals surface area (Å²) in [6.45, 7) is 0. The Labute approximate surface area is 147 Å². The zero-order chi connectivity index (χ0) is 19.3. The zero-order valence-electron chi connectivity index (χ0n) is 12.8. The molecular weight excluding hydrogens is 348 g/mol. The molecule has 0 aromatic carbocycles. The predicted molar refractivity (Wildman–Crippen MR) is 96.4 cm³/mol. The zero-order valence-corrected chi connectivity index (χ0v) is 13.6. The van der Waals surface area contributed by atoms with E-state index in [1.54, 1.807) is 0 Å². The highest BCUT2D eigenvalue weighted by atomic mass is 32.1. The number of hydrogen-bond donors (Lipinski definition) is 12. The van der Waals surface area contributed by atoms with Crippen LogP contribution < -0.4 is 34.0 Å². The molecule has 1 atom stereocenters. The van der Waals surface area contributed by atoms with E-state index in [1.165, 1.54) is 0 Å². The van der Waals surface area contributed by atoms with Crippen molar-refractivity contribution in [2.24, 2.45) is 33.7 Å². The number of amidine groups is 3. The van der Waals surface area contributed by atoms with E-state index in [4.69, 9.17) is 55.7 Å². The van der Waals surface area contributed by atoms with Gasteiger partial charge in [-0.1, -0.05) is 0 Å². The lowest BCUT2D eigenvalue weighted by molar-refractivity contribution is 0.112. The van der Waals surface area contributed by atoms with Crippen LogP contribution in [-0.2, 0) is 0 Å². The van der Waals surface area contributed by atoms with Crippen LogP contribution in [0.2, 0.25) is 0 Å². The Kier molecular flexibility index (Phi) is 3.76. The molecule has 0 aliphatic carbocycles. The second-order valence-electron chi connectivity index (χ2n) is 5.13. The number of fused-ring (bicyclic) bond motifs is 1. The Morgan fingerprint density at radius 2 is 1.48 bits per heavy atom. The lowest BCUT2D eigenvalue weighted by Crippen LogP contribution is -2.84. The van der Waals surface area contributed by atoms with Gasteiger partial charge >= 0.3 is 0 Å². The lowest BCUT2D eigenvalue weighted by Gasteiger charge is -2.57. The summed E-state index contributed by atoms with van der Waals surface area (Å²) in [5.41, 5.74) is 24.1. The summed E-state index contributed by atoms with van der Waals surface area (Å²) >= 11 is 4.28. The number of hydrogen-bond acceptors (Lipinski definition) is 8. The summed E-state index contributed by atoms with van der Waals surface area (Å²) in [5, 5.41) is 42.4. The smallest absolute Gasteiger partial charge is 0.241 e. The Morgan fingerprint density at radius 3 is 1.84 bits per heavy atom. The van der Waals surface area contributed by atoms with Crippen LogP contribution in [0.3, 0.4) is 0 Å². The van der Waals surface area contributed by atoms with E-state index in [9.17, 15) is 0 Å². The van der Waals surface area contributed by atoms with Crippen molar-refractivity contribution in [1.29, 1.82) is 27.0 Å². The van der Waals surface area contributed by atoms with Crippen molar-refractivity contribution in [3.63, 3.8) is 0 Å². The number of thiol groups is 1. The molecule has 0 saturated carbocycles. The first-order valence-electron chi connectivity index (χ1n) is 6.53. The SMILES string of the molecule is N=C(N)N1C(S)=C2NC=NC2(C(=N)N)N(C(=N)N)C1(C(=N)N)C(=N)N. The summed E-state index contributed by atoms with van der Waals surface area (Å²) in [6, 6.07) is 0. The topological polar surface area (TPSA) is 280 Å². The average molecular weight is 366 g/mol. The molecule has 1 unspecified atom stereocenters. The van der Waals surface area contributed by atoms with Crippen LogP contribution in [0.5, 0.6) is 0 Å². The largest absolute Gasteiger partial charge is 0.384 e. The lowest BCUT2D eigenvalue weighted by atomic mass is 9.91. The molecule has 0 saturated heterocycles. The molecule has 0 aromatic heterocycles. The van der Waals surface area contributed by atoms with Crippen LogP contribution in [-0.4, -0.2) is 56.9 Å². The number of aliphatic imine (C=N–C) groups is 1. The van der Waals surface area contributed by atoms with Crippen LogP contribution in [0.25, 0.3) is 0 Å². The fourth-order valence-corrected chi connectivity index (χ4v) is 3.41. The molecule has 2 aliphatic rings. The Morgan fingerprint density at radius 1 is 0.960 bits per heavy atom. The fraction of sp³-hybridized carbons (Fsp3) is 0.200. The molecule has 2 rings (SSSR count). The van der Waals surface area contributed by atoms with E-state index in [0.717, 1.165) is 16.1 Å². The molecule has 2 aliphatic heterocycles. The molecule has 15 heteroatoms. The molecule has 16 N–H and O–H groups in total. The highest BCUT2D eigenvalue weighted by molar-refractivity contribution is 7.84. The minimum Gasteiger partial charge on any atom is -0.384 e. The molecule has 0 bridgehead atoms. The van der Waals surface area contributed by atoms with Gasteiger partial charge in [0.25, 0.3) is 0 Å². The summed E-state index contributed by atoms with van der Waals surface area (Å²) in [7, 11) is 0. The first-order chi connectivity index (χ1) is 11.5. The van der Waals surface area contributed by atoms with Crippen LogP contribution in [0.4, 0.5) is 0 Å². The van der Waals surface area contributed by atoms with Crippen molar-refractivity contribution in [3.8, 4) is 0 Å². The fourth-order valence-electron chi connectivity index (χ4n) is 2.93. The summed E-state index contributed by atoms with van der Waals surface area (Å²) in [6.07, 6.45) is 1.16. The second kappa shape index (κ2) is 5.26. The number of guanidine groups is 2. The van der Waals surface area contributed by atoms with Gasteiger partial charge in [0, 0.05) is 0 Å².